The van der Waals surface area contributed by atoms with Crippen LogP contribution >= 0.6 is 23.2 Å². The Hall–Kier alpha value is -2.90. The predicted molar refractivity (Wildman–Crippen MR) is 98.2 cm³/mol. The van der Waals surface area contributed by atoms with Crippen molar-refractivity contribution in [3.05, 3.63) is 74.3 Å². The summed E-state index contributed by atoms with van der Waals surface area (Å²) in [5.74, 6) is -1.37. The number of carbonyl (C=O) groups excluding carboxylic acids is 2. The van der Waals surface area contributed by atoms with Gasteiger partial charge in [-0.15, -0.1) is 0 Å². The number of nitro benzene ring substituents is 1. The zero-order chi connectivity index (χ0) is 19.1. The Morgan fingerprint density at radius 3 is 2.65 bits per heavy atom. The Morgan fingerprint density at radius 1 is 1.19 bits per heavy atom. The molecule has 1 amide bonds. The van der Waals surface area contributed by atoms with Gasteiger partial charge in [-0.1, -0.05) is 35.3 Å². The Kier molecular flexibility index (Phi) is 6.71. The number of hydrogen-bond acceptors (Lipinski definition) is 5. The van der Waals surface area contributed by atoms with E-state index in [9.17, 15) is 19.7 Å². The second-order valence-electron chi connectivity index (χ2n) is 4.97. The van der Waals surface area contributed by atoms with Crippen molar-refractivity contribution in [2.45, 2.75) is 0 Å². The van der Waals surface area contributed by atoms with Crippen LogP contribution in [0.15, 0.2) is 48.5 Å². The van der Waals surface area contributed by atoms with Crippen LogP contribution in [0.4, 0.5) is 11.4 Å². The minimum absolute atomic E-state index is 0.0504. The van der Waals surface area contributed by atoms with Gasteiger partial charge in [-0.3, -0.25) is 14.9 Å². The van der Waals surface area contributed by atoms with Crippen LogP contribution in [0.1, 0.15) is 5.56 Å². The molecule has 0 atom stereocenters. The molecule has 2 rings (SSSR count). The van der Waals surface area contributed by atoms with Crippen LogP contribution in [0, 0.1) is 10.1 Å². The molecule has 0 aliphatic rings. The summed E-state index contributed by atoms with van der Waals surface area (Å²) in [6.07, 6.45) is 2.65. The first-order chi connectivity index (χ1) is 12.3. The van der Waals surface area contributed by atoms with Crippen LogP contribution in [-0.4, -0.2) is 23.4 Å². The monoisotopic (exact) mass is 394 g/mol. The van der Waals surface area contributed by atoms with Gasteiger partial charge < -0.3 is 10.1 Å². The van der Waals surface area contributed by atoms with E-state index in [1.54, 1.807) is 24.3 Å². The number of nitrogens with one attached hydrogen (secondary N) is 1. The Morgan fingerprint density at radius 2 is 1.96 bits per heavy atom. The molecule has 0 unspecified atom stereocenters. The number of esters is 1. The molecule has 9 heteroatoms. The summed E-state index contributed by atoms with van der Waals surface area (Å²) in [5, 5.41) is 13.7. The van der Waals surface area contributed by atoms with E-state index in [4.69, 9.17) is 27.9 Å². The van der Waals surface area contributed by atoms with Crippen molar-refractivity contribution in [2.75, 3.05) is 11.9 Å². The van der Waals surface area contributed by atoms with E-state index < -0.39 is 23.4 Å². The van der Waals surface area contributed by atoms with Crippen LogP contribution in [0.2, 0.25) is 10.0 Å². The number of amides is 1. The highest BCUT2D eigenvalue weighted by Crippen LogP contribution is 2.27. The second kappa shape index (κ2) is 8.98. The number of benzene rings is 2. The van der Waals surface area contributed by atoms with E-state index in [0.717, 1.165) is 12.1 Å². The fourth-order valence-electron chi connectivity index (χ4n) is 1.89. The second-order valence-corrected chi connectivity index (χ2v) is 5.81. The number of anilines is 1. The zero-order valence-electron chi connectivity index (χ0n) is 13.1. The highest BCUT2D eigenvalue weighted by molar-refractivity contribution is 6.32. The summed E-state index contributed by atoms with van der Waals surface area (Å²) >= 11 is 11.5. The quantitative estimate of drug-likeness (QED) is 0.344. The van der Waals surface area contributed by atoms with E-state index in [0.29, 0.717) is 10.6 Å². The summed E-state index contributed by atoms with van der Waals surface area (Å²) in [5.41, 5.74) is 0.523. The molecule has 1 N–H and O–H groups in total. The standard InChI is InChI=1S/C17H12Cl2N2O5/c18-12-3-1-2-11(8-12)4-7-17(23)26-10-16(22)20-13-5-6-14(19)15(9-13)21(24)25/h1-9H,10H2,(H,20,22)/b7-4+. The molecule has 0 heterocycles. The molecule has 0 aliphatic carbocycles. The summed E-state index contributed by atoms with van der Waals surface area (Å²) in [4.78, 5) is 33.5. The van der Waals surface area contributed by atoms with Gasteiger partial charge in [0.25, 0.3) is 11.6 Å². The van der Waals surface area contributed by atoms with Crippen molar-refractivity contribution in [2.24, 2.45) is 0 Å². The minimum Gasteiger partial charge on any atom is -0.452 e. The maximum Gasteiger partial charge on any atom is 0.331 e. The summed E-state index contributed by atoms with van der Waals surface area (Å²) in [6, 6.07) is 10.6. The van der Waals surface area contributed by atoms with Gasteiger partial charge in [-0.05, 0) is 35.9 Å². The van der Waals surface area contributed by atoms with Gasteiger partial charge in [-0.2, -0.15) is 0 Å². The average molecular weight is 395 g/mol. The number of ether oxygens (including phenoxy) is 1. The molecule has 134 valence electrons. The van der Waals surface area contributed by atoms with E-state index in [1.165, 1.54) is 18.2 Å². The van der Waals surface area contributed by atoms with Crippen LogP contribution < -0.4 is 5.32 Å². The van der Waals surface area contributed by atoms with Crippen molar-refractivity contribution < 1.29 is 19.2 Å². The van der Waals surface area contributed by atoms with Crippen molar-refractivity contribution in [1.29, 1.82) is 0 Å². The number of halogens is 2. The van der Waals surface area contributed by atoms with Crippen LogP contribution in [0.5, 0.6) is 0 Å². The third-order valence-corrected chi connectivity index (χ3v) is 3.59. The lowest BCUT2D eigenvalue weighted by Crippen LogP contribution is -2.20. The number of nitro groups is 1. The molecule has 0 saturated heterocycles. The highest BCUT2D eigenvalue weighted by atomic mass is 35.5. The number of rotatable bonds is 6. The molecule has 0 aromatic heterocycles. The van der Waals surface area contributed by atoms with Gasteiger partial charge in [0.15, 0.2) is 6.61 Å². The van der Waals surface area contributed by atoms with Gasteiger partial charge in [0.1, 0.15) is 5.02 Å². The topological polar surface area (TPSA) is 98.5 Å². The molecule has 0 aliphatic heterocycles. The number of nitrogens with zero attached hydrogens (tertiary/aromatic N) is 1. The molecular weight excluding hydrogens is 383 g/mol. The zero-order valence-corrected chi connectivity index (χ0v) is 14.7. The fraction of sp³-hybridized carbons (Fsp3) is 0.0588. The third kappa shape index (κ3) is 5.87. The first-order valence-electron chi connectivity index (χ1n) is 7.19. The number of carbonyl (C=O) groups is 2. The van der Waals surface area contributed by atoms with Gasteiger partial charge in [0.2, 0.25) is 0 Å². The van der Waals surface area contributed by atoms with Crippen molar-refractivity contribution >= 4 is 52.5 Å². The molecule has 0 saturated carbocycles. The van der Waals surface area contributed by atoms with Crippen LogP contribution in [-0.2, 0) is 14.3 Å². The molecule has 0 bridgehead atoms. The Labute approximate surface area is 158 Å². The van der Waals surface area contributed by atoms with E-state index in [-0.39, 0.29) is 16.4 Å². The lowest BCUT2D eigenvalue weighted by atomic mass is 10.2. The van der Waals surface area contributed by atoms with Gasteiger partial charge in [-0.25, -0.2) is 4.79 Å². The highest BCUT2D eigenvalue weighted by Gasteiger charge is 2.14. The lowest BCUT2D eigenvalue weighted by molar-refractivity contribution is -0.384. The third-order valence-electron chi connectivity index (χ3n) is 3.03. The summed E-state index contributed by atoms with van der Waals surface area (Å²) < 4.78 is 4.80. The van der Waals surface area contributed by atoms with Gasteiger partial charge in [0.05, 0.1) is 4.92 Å². The molecule has 2 aromatic rings. The Bertz CT molecular complexity index is 883. The fourth-order valence-corrected chi connectivity index (χ4v) is 2.27. The molecule has 2 aromatic carbocycles. The van der Waals surface area contributed by atoms with Crippen LogP contribution in [0.3, 0.4) is 0 Å². The molecular formula is C17H12Cl2N2O5. The van der Waals surface area contributed by atoms with E-state index in [2.05, 4.69) is 5.32 Å². The van der Waals surface area contributed by atoms with Crippen molar-refractivity contribution in [3.63, 3.8) is 0 Å². The molecule has 0 spiro atoms. The lowest BCUT2D eigenvalue weighted by Gasteiger charge is -2.06. The predicted octanol–water partition coefficient (Wildman–Crippen LogP) is 4.10. The van der Waals surface area contributed by atoms with Crippen molar-refractivity contribution in [3.8, 4) is 0 Å². The normalized spacial score (nSPS) is 10.5. The van der Waals surface area contributed by atoms with E-state index >= 15 is 0 Å². The first-order valence-corrected chi connectivity index (χ1v) is 7.95. The maximum atomic E-state index is 11.8. The maximum absolute atomic E-state index is 11.8. The van der Waals surface area contributed by atoms with Crippen molar-refractivity contribution in [1.82, 2.24) is 0 Å². The smallest absolute Gasteiger partial charge is 0.331 e. The van der Waals surface area contributed by atoms with E-state index in [1.807, 2.05) is 0 Å². The summed E-state index contributed by atoms with van der Waals surface area (Å²) in [6.45, 7) is -0.546. The van der Waals surface area contributed by atoms with Gasteiger partial charge in [0, 0.05) is 22.9 Å². The minimum atomic E-state index is -0.720. The SMILES string of the molecule is O=C(COC(=O)/C=C/c1cccc(Cl)c1)Nc1ccc(Cl)c([N+](=O)[O-])c1. The average Bonchev–Trinajstić information content (AvgIpc) is 2.59. The molecule has 0 radical (unpaired) electrons. The summed E-state index contributed by atoms with van der Waals surface area (Å²) in [7, 11) is 0. The van der Waals surface area contributed by atoms with Crippen LogP contribution in [0.25, 0.3) is 6.08 Å². The Balaban J connectivity index is 1.87. The molecule has 0 fully saturated rings. The molecule has 26 heavy (non-hydrogen) atoms. The first kappa shape index (κ1) is 19.4. The van der Waals surface area contributed by atoms with Gasteiger partial charge >= 0.3 is 5.97 Å². The number of hydrogen-bond donors (Lipinski definition) is 1. The largest absolute Gasteiger partial charge is 0.452 e. The molecule has 7 nitrogen and oxygen atoms in total.